The van der Waals surface area contributed by atoms with Gasteiger partial charge in [-0.3, -0.25) is 10.1 Å². The highest BCUT2D eigenvalue weighted by molar-refractivity contribution is 5.41. The molecule has 92 valence electrons. The Labute approximate surface area is 101 Å². The van der Waals surface area contributed by atoms with E-state index in [0.717, 1.165) is 37.8 Å². The van der Waals surface area contributed by atoms with E-state index in [1.807, 2.05) is 6.07 Å². The number of hydrogen-bond acceptors (Lipinski definition) is 3. The van der Waals surface area contributed by atoms with Crippen LogP contribution in [0.15, 0.2) is 18.2 Å². The molecule has 4 nitrogen and oxygen atoms in total. The molecule has 0 amide bonds. The van der Waals surface area contributed by atoms with Crippen LogP contribution in [0, 0.1) is 10.1 Å². The Morgan fingerprint density at radius 3 is 3.00 bits per heavy atom. The Morgan fingerprint density at radius 1 is 1.47 bits per heavy atom. The van der Waals surface area contributed by atoms with E-state index >= 15 is 0 Å². The Balaban J connectivity index is 2.12. The summed E-state index contributed by atoms with van der Waals surface area (Å²) >= 11 is 0. The summed E-state index contributed by atoms with van der Waals surface area (Å²) in [5.41, 5.74) is 2.61. The zero-order valence-corrected chi connectivity index (χ0v) is 10.1. The molecule has 1 atom stereocenters. The highest BCUT2D eigenvalue weighted by Gasteiger charge is 2.20. The molecule has 0 unspecified atom stereocenters. The van der Waals surface area contributed by atoms with Crippen LogP contribution >= 0.6 is 0 Å². The predicted molar refractivity (Wildman–Crippen MR) is 67.2 cm³/mol. The molecule has 0 saturated carbocycles. The fraction of sp³-hybridized carbons (Fsp3) is 0.538. The van der Waals surface area contributed by atoms with Crippen molar-refractivity contribution in [3.63, 3.8) is 0 Å². The van der Waals surface area contributed by atoms with Crippen molar-refractivity contribution >= 4 is 5.69 Å². The van der Waals surface area contributed by atoms with Crippen LogP contribution in [0.5, 0.6) is 0 Å². The SMILES string of the molecule is CCCN[C@H]1CCc2ccc([N+](=O)[O-])cc2C1. The molecule has 0 aliphatic heterocycles. The fourth-order valence-corrected chi connectivity index (χ4v) is 2.38. The van der Waals surface area contributed by atoms with Gasteiger partial charge in [0.2, 0.25) is 0 Å². The molecule has 0 fully saturated rings. The Kier molecular flexibility index (Phi) is 3.74. The van der Waals surface area contributed by atoms with Gasteiger partial charge in [-0.15, -0.1) is 0 Å². The molecule has 1 aromatic rings. The number of nitrogens with one attached hydrogen (secondary N) is 1. The summed E-state index contributed by atoms with van der Waals surface area (Å²) in [5, 5.41) is 14.2. The summed E-state index contributed by atoms with van der Waals surface area (Å²) in [6.45, 7) is 3.17. The Morgan fingerprint density at radius 2 is 2.29 bits per heavy atom. The summed E-state index contributed by atoms with van der Waals surface area (Å²) in [4.78, 5) is 10.4. The van der Waals surface area contributed by atoms with E-state index in [2.05, 4.69) is 12.2 Å². The first kappa shape index (κ1) is 12.0. The Bertz CT molecular complexity index is 418. The van der Waals surface area contributed by atoms with Crippen LogP contribution in [-0.2, 0) is 12.8 Å². The quantitative estimate of drug-likeness (QED) is 0.643. The van der Waals surface area contributed by atoms with Gasteiger partial charge in [-0.25, -0.2) is 0 Å². The van der Waals surface area contributed by atoms with Gasteiger partial charge in [0.25, 0.3) is 5.69 Å². The van der Waals surface area contributed by atoms with Crippen molar-refractivity contribution in [3.8, 4) is 0 Å². The van der Waals surface area contributed by atoms with Gasteiger partial charge in [0, 0.05) is 18.2 Å². The third kappa shape index (κ3) is 2.82. The zero-order valence-electron chi connectivity index (χ0n) is 10.1. The minimum Gasteiger partial charge on any atom is -0.314 e. The van der Waals surface area contributed by atoms with Crippen molar-refractivity contribution < 1.29 is 4.92 Å². The molecule has 1 aromatic carbocycles. The first-order valence-corrected chi connectivity index (χ1v) is 6.20. The monoisotopic (exact) mass is 234 g/mol. The number of non-ortho nitro benzene ring substituents is 1. The van der Waals surface area contributed by atoms with Gasteiger partial charge in [-0.2, -0.15) is 0 Å². The molecule has 1 aliphatic carbocycles. The third-order valence-electron chi connectivity index (χ3n) is 3.31. The molecule has 0 aromatic heterocycles. The van der Waals surface area contributed by atoms with Crippen molar-refractivity contribution in [2.45, 2.75) is 38.6 Å². The summed E-state index contributed by atoms with van der Waals surface area (Å²) < 4.78 is 0. The summed E-state index contributed by atoms with van der Waals surface area (Å²) in [6.07, 6.45) is 4.19. The van der Waals surface area contributed by atoms with E-state index in [4.69, 9.17) is 0 Å². The molecule has 0 bridgehead atoms. The standard InChI is InChI=1S/C13H18N2O2/c1-2-7-14-12-5-3-10-4-6-13(15(16)17)9-11(10)8-12/h4,6,9,12,14H,2-3,5,7-8H2,1H3/t12-/m0/s1. The zero-order chi connectivity index (χ0) is 12.3. The molecule has 4 heteroatoms. The molecule has 2 rings (SSSR count). The number of nitrogens with zero attached hydrogens (tertiary/aromatic N) is 1. The van der Waals surface area contributed by atoms with Crippen molar-refractivity contribution in [1.82, 2.24) is 5.32 Å². The average Bonchev–Trinajstić information content (AvgIpc) is 2.35. The van der Waals surface area contributed by atoms with Crippen LogP contribution in [0.3, 0.4) is 0 Å². The highest BCUT2D eigenvalue weighted by Crippen LogP contribution is 2.25. The summed E-state index contributed by atoms with van der Waals surface area (Å²) in [6, 6.07) is 5.72. The lowest BCUT2D eigenvalue weighted by molar-refractivity contribution is -0.384. The maximum absolute atomic E-state index is 10.7. The van der Waals surface area contributed by atoms with Gasteiger partial charge >= 0.3 is 0 Å². The van der Waals surface area contributed by atoms with E-state index in [1.165, 1.54) is 5.56 Å². The van der Waals surface area contributed by atoms with Gasteiger partial charge in [0.1, 0.15) is 0 Å². The predicted octanol–water partition coefficient (Wildman–Crippen LogP) is 2.45. The Hall–Kier alpha value is -1.42. The maximum Gasteiger partial charge on any atom is 0.269 e. The van der Waals surface area contributed by atoms with Crippen molar-refractivity contribution in [1.29, 1.82) is 0 Å². The van der Waals surface area contributed by atoms with Crippen LogP contribution in [-0.4, -0.2) is 17.5 Å². The second-order valence-electron chi connectivity index (χ2n) is 4.60. The second kappa shape index (κ2) is 5.27. The van der Waals surface area contributed by atoms with Crippen molar-refractivity contribution in [3.05, 3.63) is 39.4 Å². The highest BCUT2D eigenvalue weighted by atomic mass is 16.6. The van der Waals surface area contributed by atoms with E-state index in [1.54, 1.807) is 12.1 Å². The van der Waals surface area contributed by atoms with Crippen LogP contribution in [0.2, 0.25) is 0 Å². The normalized spacial score (nSPS) is 18.8. The van der Waals surface area contributed by atoms with E-state index in [9.17, 15) is 10.1 Å². The fourth-order valence-electron chi connectivity index (χ4n) is 2.38. The number of rotatable bonds is 4. The smallest absolute Gasteiger partial charge is 0.269 e. The van der Waals surface area contributed by atoms with Gasteiger partial charge in [-0.05, 0) is 43.4 Å². The minimum absolute atomic E-state index is 0.208. The molecule has 0 saturated heterocycles. The van der Waals surface area contributed by atoms with Crippen molar-refractivity contribution in [2.75, 3.05) is 6.54 Å². The van der Waals surface area contributed by atoms with E-state index < -0.39 is 0 Å². The van der Waals surface area contributed by atoms with Gasteiger partial charge in [0.15, 0.2) is 0 Å². The maximum atomic E-state index is 10.7. The molecule has 1 aliphatic rings. The molecule has 17 heavy (non-hydrogen) atoms. The molecule has 1 N–H and O–H groups in total. The van der Waals surface area contributed by atoms with E-state index in [-0.39, 0.29) is 10.6 Å². The summed E-state index contributed by atoms with van der Waals surface area (Å²) in [5.74, 6) is 0. The van der Waals surface area contributed by atoms with Crippen LogP contribution in [0.25, 0.3) is 0 Å². The first-order chi connectivity index (χ1) is 8.20. The van der Waals surface area contributed by atoms with Crippen molar-refractivity contribution in [2.24, 2.45) is 0 Å². The van der Waals surface area contributed by atoms with Gasteiger partial charge in [-0.1, -0.05) is 13.0 Å². The summed E-state index contributed by atoms with van der Waals surface area (Å²) in [7, 11) is 0. The third-order valence-corrected chi connectivity index (χ3v) is 3.31. The van der Waals surface area contributed by atoms with Gasteiger partial charge < -0.3 is 5.32 Å². The number of hydrogen-bond donors (Lipinski definition) is 1. The van der Waals surface area contributed by atoms with Crippen LogP contribution < -0.4 is 5.32 Å². The molecular weight excluding hydrogens is 216 g/mol. The number of aryl methyl sites for hydroxylation is 1. The number of nitro benzene ring substituents is 1. The lowest BCUT2D eigenvalue weighted by atomic mass is 9.88. The number of nitro groups is 1. The molecule has 0 spiro atoms. The molecular formula is C13H18N2O2. The second-order valence-corrected chi connectivity index (χ2v) is 4.60. The molecule has 0 radical (unpaired) electrons. The topological polar surface area (TPSA) is 55.2 Å². The van der Waals surface area contributed by atoms with Crippen LogP contribution in [0.1, 0.15) is 30.9 Å². The van der Waals surface area contributed by atoms with Crippen LogP contribution in [0.4, 0.5) is 5.69 Å². The number of fused-ring (bicyclic) bond motifs is 1. The largest absolute Gasteiger partial charge is 0.314 e. The minimum atomic E-state index is -0.316. The number of benzene rings is 1. The van der Waals surface area contributed by atoms with E-state index in [0.29, 0.717) is 6.04 Å². The average molecular weight is 234 g/mol. The van der Waals surface area contributed by atoms with Gasteiger partial charge in [0.05, 0.1) is 4.92 Å². The lowest BCUT2D eigenvalue weighted by Crippen LogP contribution is -2.34. The first-order valence-electron chi connectivity index (χ1n) is 6.20. The lowest BCUT2D eigenvalue weighted by Gasteiger charge is -2.25. The molecule has 0 heterocycles.